The molecule has 2 rings (SSSR count). The van der Waals surface area contributed by atoms with Gasteiger partial charge in [0.2, 0.25) is 11.8 Å². The predicted molar refractivity (Wildman–Crippen MR) is 104 cm³/mol. The van der Waals surface area contributed by atoms with Crippen LogP contribution >= 0.6 is 0 Å². The molecule has 1 atom stereocenters. The lowest BCUT2D eigenvalue weighted by Gasteiger charge is -2.31. The second-order valence-electron chi connectivity index (χ2n) is 7.39. The number of carbonyl (C=O) groups excluding carboxylic acids is 3. The molecule has 0 aliphatic carbocycles. The summed E-state index contributed by atoms with van der Waals surface area (Å²) in [5.41, 5.74) is 0. The number of esters is 1. The van der Waals surface area contributed by atoms with E-state index in [0.717, 1.165) is 18.9 Å². The van der Waals surface area contributed by atoms with Crippen molar-refractivity contribution in [1.82, 2.24) is 10.2 Å². The van der Waals surface area contributed by atoms with Crippen molar-refractivity contribution in [2.24, 2.45) is 5.92 Å². The third kappa shape index (κ3) is 6.51. The minimum atomic E-state index is -0.668. The minimum absolute atomic E-state index is 0.0367. The number of piperazine rings is 1. The number of methoxy groups -OCH3 is 1. The predicted octanol–water partition coefficient (Wildman–Crippen LogP) is 0.633. The van der Waals surface area contributed by atoms with Crippen molar-refractivity contribution in [2.45, 2.75) is 39.2 Å². The zero-order valence-electron chi connectivity index (χ0n) is 16.9. The van der Waals surface area contributed by atoms with E-state index in [9.17, 15) is 14.4 Å². The second-order valence-corrected chi connectivity index (χ2v) is 7.39. The molecule has 0 radical (unpaired) electrons. The number of ether oxygens (including phenoxy) is 1. The van der Waals surface area contributed by atoms with E-state index in [4.69, 9.17) is 4.74 Å². The molecule has 1 aliphatic rings. The lowest BCUT2D eigenvalue weighted by molar-refractivity contribution is -0.364. The van der Waals surface area contributed by atoms with Crippen molar-refractivity contribution in [1.29, 1.82) is 0 Å². The zero-order valence-corrected chi connectivity index (χ0v) is 16.9. The highest BCUT2D eigenvalue weighted by Gasteiger charge is 2.27. The summed E-state index contributed by atoms with van der Waals surface area (Å²) in [5, 5.41) is 2.69. The number of hydrogen-bond acceptors (Lipinski definition) is 5. The molecular weight excluding hydrogens is 360 g/mol. The number of aromatic nitrogens is 1. The van der Waals surface area contributed by atoms with Crippen molar-refractivity contribution in [3.63, 3.8) is 0 Å². The van der Waals surface area contributed by atoms with E-state index >= 15 is 0 Å². The monoisotopic (exact) mass is 391 g/mol. The molecule has 1 fully saturated rings. The average molecular weight is 391 g/mol. The largest absolute Gasteiger partial charge is 0.467 e. The number of amides is 2. The molecular formula is C20H31N4O4+. The Hall–Kier alpha value is -2.64. The molecule has 8 heteroatoms. The SMILES string of the molecule is COC(=O)[C@H](CC(C)C)NC(=O)CCC(=O)N1CCN(c2cccc[nH+]2)CC1. The summed E-state index contributed by atoms with van der Waals surface area (Å²) < 4.78 is 4.75. The Morgan fingerprint density at radius 3 is 2.43 bits per heavy atom. The molecule has 154 valence electrons. The maximum Gasteiger partial charge on any atom is 0.328 e. The molecule has 0 bridgehead atoms. The summed E-state index contributed by atoms with van der Waals surface area (Å²) in [6, 6.07) is 5.25. The van der Waals surface area contributed by atoms with Gasteiger partial charge in [-0.15, -0.1) is 0 Å². The Morgan fingerprint density at radius 2 is 1.86 bits per heavy atom. The summed E-state index contributed by atoms with van der Waals surface area (Å²) in [6.07, 6.45) is 2.59. The van der Waals surface area contributed by atoms with Crippen LogP contribution in [0.5, 0.6) is 0 Å². The van der Waals surface area contributed by atoms with E-state index < -0.39 is 12.0 Å². The quantitative estimate of drug-likeness (QED) is 0.656. The molecule has 1 aliphatic heterocycles. The highest BCUT2D eigenvalue weighted by molar-refractivity contribution is 5.87. The van der Waals surface area contributed by atoms with Gasteiger partial charge in [0, 0.05) is 18.9 Å². The van der Waals surface area contributed by atoms with Crippen LogP contribution in [0.1, 0.15) is 33.1 Å². The molecule has 1 aromatic rings. The molecule has 2 N–H and O–H groups in total. The standard InChI is InChI=1S/C20H30N4O4/c1-15(2)14-16(20(27)28-3)22-18(25)7-8-19(26)24-12-10-23(11-13-24)17-6-4-5-9-21-17/h4-6,9,15-16H,7-8,10-14H2,1-3H3,(H,22,25)/p+1/t16-/m0/s1. The van der Waals surface area contributed by atoms with Crippen molar-refractivity contribution < 1.29 is 24.1 Å². The summed E-state index contributed by atoms with van der Waals surface area (Å²) in [7, 11) is 1.30. The Kier molecular flexibility index (Phi) is 8.22. The number of nitrogens with zero attached hydrogens (tertiary/aromatic N) is 2. The van der Waals surface area contributed by atoms with Crippen LogP contribution < -0.4 is 15.2 Å². The van der Waals surface area contributed by atoms with Crippen molar-refractivity contribution >= 4 is 23.6 Å². The van der Waals surface area contributed by atoms with Gasteiger partial charge in [-0.2, -0.15) is 0 Å². The van der Waals surface area contributed by atoms with E-state index in [1.807, 2.05) is 38.2 Å². The van der Waals surface area contributed by atoms with Gasteiger partial charge in [0.1, 0.15) is 19.1 Å². The molecule has 0 unspecified atom stereocenters. The number of anilines is 1. The number of hydrogen-bond donors (Lipinski definition) is 1. The first-order valence-electron chi connectivity index (χ1n) is 9.77. The first kappa shape index (κ1) is 21.7. The lowest BCUT2D eigenvalue weighted by atomic mass is 10.0. The number of rotatable bonds is 8. The van der Waals surface area contributed by atoms with Gasteiger partial charge < -0.3 is 15.0 Å². The molecule has 1 aromatic heterocycles. The van der Waals surface area contributed by atoms with Gasteiger partial charge in [0.15, 0.2) is 0 Å². The van der Waals surface area contributed by atoms with Crippen LogP contribution in [0.15, 0.2) is 24.4 Å². The fourth-order valence-electron chi connectivity index (χ4n) is 3.25. The maximum atomic E-state index is 12.4. The van der Waals surface area contributed by atoms with Gasteiger partial charge >= 0.3 is 5.97 Å². The van der Waals surface area contributed by atoms with E-state index in [-0.39, 0.29) is 30.6 Å². The zero-order chi connectivity index (χ0) is 20.5. The summed E-state index contributed by atoms with van der Waals surface area (Å²) >= 11 is 0. The van der Waals surface area contributed by atoms with Gasteiger partial charge in [-0.3, -0.25) is 14.5 Å². The van der Waals surface area contributed by atoms with Gasteiger partial charge in [0.25, 0.3) is 5.82 Å². The average Bonchev–Trinajstić information content (AvgIpc) is 2.71. The third-order valence-electron chi connectivity index (χ3n) is 4.76. The Bertz CT molecular complexity index is 657. The van der Waals surface area contributed by atoms with Gasteiger partial charge in [0.05, 0.1) is 26.4 Å². The summed E-state index contributed by atoms with van der Waals surface area (Å²) in [6.45, 7) is 6.69. The molecule has 2 amide bonds. The van der Waals surface area contributed by atoms with E-state index in [1.54, 1.807) is 4.90 Å². The van der Waals surface area contributed by atoms with Crippen LogP contribution in [0, 0.1) is 5.92 Å². The van der Waals surface area contributed by atoms with Crippen molar-refractivity contribution in [3.05, 3.63) is 24.4 Å². The first-order chi connectivity index (χ1) is 13.4. The van der Waals surface area contributed by atoms with Crippen LogP contribution in [0.2, 0.25) is 0 Å². The highest BCUT2D eigenvalue weighted by Crippen LogP contribution is 2.11. The molecule has 0 aromatic carbocycles. The number of nitrogens with one attached hydrogen (secondary N) is 2. The Balaban J connectivity index is 1.76. The number of pyridine rings is 1. The van der Waals surface area contributed by atoms with E-state index in [0.29, 0.717) is 19.5 Å². The van der Waals surface area contributed by atoms with Gasteiger partial charge in [-0.05, 0) is 18.4 Å². The van der Waals surface area contributed by atoms with Crippen LogP contribution in [-0.2, 0) is 19.1 Å². The number of aromatic amines is 1. The Labute approximate surface area is 166 Å². The summed E-state index contributed by atoms with van der Waals surface area (Å²) in [5.74, 6) is 0.478. The molecule has 28 heavy (non-hydrogen) atoms. The molecule has 0 saturated carbocycles. The van der Waals surface area contributed by atoms with Crippen LogP contribution in [0.3, 0.4) is 0 Å². The highest BCUT2D eigenvalue weighted by atomic mass is 16.5. The number of H-pyrrole nitrogens is 1. The van der Waals surface area contributed by atoms with E-state index in [1.165, 1.54) is 7.11 Å². The summed E-state index contributed by atoms with van der Waals surface area (Å²) in [4.78, 5) is 43.6. The molecule has 0 spiro atoms. The molecule has 1 saturated heterocycles. The van der Waals surface area contributed by atoms with Crippen LogP contribution in [0.4, 0.5) is 5.82 Å². The molecule has 2 heterocycles. The van der Waals surface area contributed by atoms with Crippen molar-refractivity contribution in [2.75, 3.05) is 38.2 Å². The van der Waals surface area contributed by atoms with E-state index in [2.05, 4.69) is 15.2 Å². The third-order valence-corrected chi connectivity index (χ3v) is 4.76. The molecule has 8 nitrogen and oxygen atoms in total. The van der Waals surface area contributed by atoms with Gasteiger partial charge in [-0.1, -0.05) is 19.9 Å². The smallest absolute Gasteiger partial charge is 0.328 e. The topological polar surface area (TPSA) is 93.1 Å². The van der Waals surface area contributed by atoms with Crippen LogP contribution in [0.25, 0.3) is 0 Å². The van der Waals surface area contributed by atoms with Gasteiger partial charge in [-0.25, -0.2) is 9.78 Å². The maximum absolute atomic E-state index is 12.4. The van der Waals surface area contributed by atoms with Crippen LogP contribution in [-0.4, -0.2) is 62.0 Å². The fraction of sp³-hybridized carbons (Fsp3) is 0.600. The lowest BCUT2D eigenvalue weighted by Crippen LogP contribution is -2.50. The normalized spacial score (nSPS) is 15.3. The second kappa shape index (κ2) is 10.6. The fourth-order valence-corrected chi connectivity index (χ4v) is 3.25. The van der Waals surface area contributed by atoms with Crippen molar-refractivity contribution in [3.8, 4) is 0 Å². The minimum Gasteiger partial charge on any atom is -0.467 e. The number of carbonyl (C=O) groups is 3. The Morgan fingerprint density at radius 1 is 1.14 bits per heavy atom. The first-order valence-corrected chi connectivity index (χ1v) is 9.77.